The first-order chi connectivity index (χ1) is 8.56. The van der Waals surface area contributed by atoms with Gasteiger partial charge in [-0.25, -0.2) is 0 Å². The molecule has 0 aliphatic heterocycles. The van der Waals surface area contributed by atoms with E-state index >= 15 is 0 Å². The van der Waals surface area contributed by atoms with Crippen LogP contribution in [0.15, 0.2) is 0 Å². The van der Waals surface area contributed by atoms with Crippen molar-refractivity contribution in [3.8, 4) is 0 Å². The Morgan fingerprint density at radius 3 is 2.00 bits per heavy atom. The number of hydrogen-bond acceptors (Lipinski definition) is 8. The van der Waals surface area contributed by atoms with Gasteiger partial charge in [0.25, 0.3) is 0 Å². The van der Waals surface area contributed by atoms with Gasteiger partial charge in [-0.05, 0) is 5.92 Å². The van der Waals surface area contributed by atoms with Crippen molar-refractivity contribution in [2.24, 2.45) is 5.92 Å². The average Bonchev–Trinajstić information content (AvgIpc) is 2.12. The van der Waals surface area contributed by atoms with Crippen LogP contribution in [0.4, 0.5) is 0 Å². The molecule has 8 nitrogen and oxygen atoms in total. The maximum absolute atomic E-state index is 11.3. The van der Waals surface area contributed by atoms with Gasteiger partial charge < -0.3 is 34.8 Å². The molecule has 0 aliphatic rings. The second-order valence-electron chi connectivity index (χ2n) is 4.62. The number of hydrogen-bond donors (Lipinski definition) is 2. The van der Waals surface area contributed by atoms with Gasteiger partial charge in [-0.15, -0.1) is 0 Å². The maximum atomic E-state index is 11.3. The number of carbonyl (C=O) groups excluding carboxylic acids is 3. The molecule has 0 aromatic heterocycles. The van der Waals surface area contributed by atoms with E-state index in [4.69, 9.17) is 0 Å². The van der Waals surface area contributed by atoms with Crippen LogP contribution in [0.25, 0.3) is 0 Å². The molecule has 0 saturated heterocycles. The number of aliphatic hydroxyl groups is 2. The summed E-state index contributed by atoms with van der Waals surface area (Å²) in [6, 6.07) is 0. The van der Waals surface area contributed by atoms with Crippen LogP contribution in [-0.4, -0.2) is 40.0 Å². The minimum atomic E-state index is -2.92. The minimum absolute atomic E-state index is 0. The fourth-order valence-corrected chi connectivity index (χ4v) is 1.33. The Labute approximate surface area is 145 Å². The van der Waals surface area contributed by atoms with Gasteiger partial charge in [0.15, 0.2) is 0 Å². The van der Waals surface area contributed by atoms with Crippen LogP contribution in [0.2, 0.25) is 0 Å². The Kier molecular flexibility index (Phi) is 13.2. The van der Waals surface area contributed by atoms with Gasteiger partial charge in [0.2, 0.25) is 6.29 Å². The van der Waals surface area contributed by atoms with E-state index < -0.39 is 42.6 Å². The summed E-state index contributed by atoms with van der Waals surface area (Å²) in [5.74, 6) is -5.22. The molecule has 0 fully saturated rings. The average molecular weight is 315 g/mol. The van der Waals surface area contributed by atoms with Gasteiger partial charge in [-0.1, -0.05) is 21.3 Å². The molecule has 9 heteroatoms. The number of aliphatic carboxylic acids is 2. The number of carbonyl (C=O) groups is 3. The zero-order valence-corrected chi connectivity index (χ0v) is 13.6. The molecule has 2 atom stereocenters. The van der Waals surface area contributed by atoms with E-state index in [0.29, 0.717) is 0 Å². The molecule has 2 unspecified atom stereocenters. The summed E-state index contributed by atoms with van der Waals surface area (Å²) in [6.07, 6.45) is -3.81. The third-order valence-corrected chi connectivity index (χ3v) is 2.19. The van der Waals surface area contributed by atoms with Gasteiger partial charge >= 0.3 is 35.5 Å². The summed E-state index contributed by atoms with van der Waals surface area (Å²) >= 11 is 0. The zero-order chi connectivity index (χ0) is 15.2. The fraction of sp³-hybridized carbons (Fsp3) is 0.750. The van der Waals surface area contributed by atoms with Gasteiger partial charge in [0.1, 0.15) is 5.60 Å². The van der Waals surface area contributed by atoms with Crippen LogP contribution in [0.3, 0.4) is 0 Å². The Morgan fingerprint density at radius 1 is 1.19 bits per heavy atom. The third-order valence-electron chi connectivity index (χ3n) is 2.19. The summed E-state index contributed by atoms with van der Waals surface area (Å²) in [7, 11) is 0. The Morgan fingerprint density at radius 2 is 1.67 bits per heavy atom. The molecule has 21 heavy (non-hydrogen) atoms. The number of esters is 1. The van der Waals surface area contributed by atoms with Crippen LogP contribution < -0.4 is 39.8 Å². The van der Waals surface area contributed by atoms with Gasteiger partial charge in [-0.3, -0.25) is 4.79 Å². The molecule has 0 bridgehead atoms. The molecule has 0 radical (unpaired) electrons. The van der Waals surface area contributed by atoms with E-state index in [-0.39, 0.29) is 49.3 Å². The summed E-state index contributed by atoms with van der Waals surface area (Å²) in [5, 5.41) is 39.7. The van der Waals surface area contributed by atoms with Gasteiger partial charge in [0, 0.05) is 18.8 Å². The first-order valence-electron chi connectivity index (χ1n) is 5.58. The molecule has 0 amide bonds. The second-order valence-corrected chi connectivity index (χ2v) is 4.62. The SMILES string of the molecule is C.CC(C)CC(O)OC(=O)CC(O)(CC(=O)[O-])C(=O)[O-].[Na+]. The van der Waals surface area contributed by atoms with Crippen molar-refractivity contribution in [1.29, 1.82) is 0 Å². The Bertz CT molecular complexity index is 357. The van der Waals surface area contributed by atoms with Crippen molar-refractivity contribution in [1.82, 2.24) is 0 Å². The smallest absolute Gasteiger partial charge is 0.550 e. The minimum Gasteiger partial charge on any atom is -0.550 e. The Hall–Kier alpha value is -0.670. The number of ether oxygens (including phenoxy) is 1. The number of carboxylic acid groups (broad SMARTS) is 2. The van der Waals surface area contributed by atoms with Crippen LogP contribution in [0, 0.1) is 5.92 Å². The van der Waals surface area contributed by atoms with E-state index in [9.17, 15) is 34.8 Å². The molecule has 0 saturated carbocycles. The largest absolute Gasteiger partial charge is 1.00 e. The topological polar surface area (TPSA) is 147 Å². The Balaban J connectivity index is -0.00000162. The van der Waals surface area contributed by atoms with Crippen LogP contribution in [0.5, 0.6) is 0 Å². The molecule has 0 spiro atoms. The van der Waals surface area contributed by atoms with Crippen LogP contribution in [0.1, 0.15) is 40.5 Å². The van der Waals surface area contributed by atoms with Crippen molar-refractivity contribution in [2.45, 2.75) is 52.4 Å². The van der Waals surface area contributed by atoms with Crippen molar-refractivity contribution in [3.05, 3.63) is 0 Å². The molecule has 0 aliphatic carbocycles. The number of rotatable bonds is 8. The van der Waals surface area contributed by atoms with E-state index in [2.05, 4.69) is 4.74 Å². The molecule has 0 heterocycles. The molecular weight excluding hydrogens is 295 g/mol. The normalized spacial score (nSPS) is 14.1. The number of aliphatic hydroxyl groups excluding tert-OH is 1. The standard InChI is InChI=1S/C11H18O8.CH4.Na/c1-6(2)3-8(14)19-9(15)5-11(18,10(16)17)4-7(12)13;;/h6,8,14,18H,3-5H2,1-2H3,(H,12,13)(H,16,17);1H4;/q;;+1/p-2. The van der Waals surface area contributed by atoms with Crippen molar-refractivity contribution in [2.75, 3.05) is 0 Å². The van der Waals surface area contributed by atoms with Crippen molar-refractivity contribution < 1.29 is 69.1 Å². The summed E-state index contributed by atoms with van der Waals surface area (Å²) in [5.41, 5.74) is -2.92. The monoisotopic (exact) mass is 315 g/mol. The van der Waals surface area contributed by atoms with Gasteiger partial charge in [0.05, 0.1) is 12.4 Å². The quantitative estimate of drug-likeness (QED) is 0.256. The number of carboxylic acids is 2. The van der Waals surface area contributed by atoms with E-state index in [0.717, 1.165) is 0 Å². The van der Waals surface area contributed by atoms with Crippen LogP contribution >= 0.6 is 0 Å². The molecule has 118 valence electrons. The van der Waals surface area contributed by atoms with E-state index in [1.165, 1.54) is 0 Å². The van der Waals surface area contributed by atoms with Crippen molar-refractivity contribution >= 4 is 17.9 Å². The third kappa shape index (κ3) is 10.7. The molecule has 0 aromatic carbocycles. The van der Waals surface area contributed by atoms with Crippen LogP contribution in [-0.2, 0) is 19.1 Å². The molecule has 0 rings (SSSR count). The molecular formula is C12H20NaO8-. The second kappa shape index (κ2) is 11.0. The summed E-state index contributed by atoms with van der Waals surface area (Å²) in [4.78, 5) is 32.2. The first kappa shape index (κ1) is 25.3. The first-order valence-corrected chi connectivity index (χ1v) is 5.58. The van der Waals surface area contributed by atoms with E-state index in [1.54, 1.807) is 13.8 Å². The maximum Gasteiger partial charge on any atom is 1.00 e. The predicted molar refractivity (Wildman–Crippen MR) is 62.5 cm³/mol. The summed E-state index contributed by atoms with van der Waals surface area (Å²) < 4.78 is 4.44. The summed E-state index contributed by atoms with van der Waals surface area (Å²) in [6.45, 7) is 3.51. The van der Waals surface area contributed by atoms with Gasteiger partial charge in [-0.2, -0.15) is 0 Å². The molecule has 2 N–H and O–H groups in total. The molecule has 0 aromatic rings. The zero-order valence-electron chi connectivity index (χ0n) is 11.6. The van der Waals surface area contributed by atoms with E-state index in [1.807, 2.05) is 0 Å². The fourth-order valence-electron chi connectivity index (χ4n) is 1.33. The predicted octanol–water partition coefficient (Wildman–Crippen LogP) is -5.45. The van der Waals surface area contributed by atoms with Crippen molar-refractivity contribution in [3.63, 3.8) is 0 Å².